The van der Waals surface area contributed by atoms with Gasteiger partial charge in [0.05, 0.1) is 77.7 Å². The van der Waals surface area contributed by atoms with E-state index in [2.05, 4.69) is 20.8 Å². The Labute approximate surface area is 618 Å². The Morgan fingerprint density at radius 1 is 0.282 bits per heavy atom. The van der Waals surface area contributed by atoms with Gasteiger partial charge in [-0.25, -0.2) is 0 Å². The molecule has 0 rings (SSSR count). The van der Waals surface area contributed by atoms with E-state index in [0.717, 1.165) is 67.6 Å². The van der Waals surface area contributed by atoms with Crippen LogP contribution in [0.15, 0.2) is 0 Å². The van der Waals surface area contributed by atoms with Crippen LogP contribution in [0.1, 0.15) is 303 Å². The molecule has 5 N–H and O–H groups in total. The van der Waals surface area contributed by atoms with E-state index in [1.807, 2.05) is 0 Å². The molecule has 0 aromatic rings. The molecule has 0 aromatic heterocycles. The maximum atomic E-state index is 13.4. The molecular weight excluding hydrogens is 1330 g/mol. The van der Waals surface area contributed by atoms with Crippen molar-refractivity contribution in [3.63, 3.8) is 0 Å². The Balaban J connectivity index is 5.60. The molecule has 0 saturated heterocycles. The molecule has 0 aliphatic rings. The fourth-order valence-corrected chi connectivity index (χ4v) is 12.1. The molecule has 0 aliphatic carbocycles. The fraction of sp³-hybridized carbons (Fsp3) is 0.885. The highest BCUT2D eigenvalue weighted by Crippen LogP contribution is 2.24. The number of carbonyl (C=O) groups excluding carboxylic acids is 4. The van der Waals surface area contributed by atoms with Crippen LogP contribution in [0.3, 0.4) is 0 Å². The Bertz CT molecular complexity index is 1940. The molecule has 0 aliphatic heterocycles. The minimum atomic E-state index is -1.60. The first-order valence-corrected chi connectivity index (χ1v) is 40.1. The highest BCUT2D eigenvalue weighted by atomic mass is 16.6. The van der Waals surface area contributed by atoms with E-state index < -0.39 is 79.9 Å². The predicted molar refractivity (Wildman–Crippen MR) is 396 cm³/mol. The van der Waals surface area contributed by atoms with Crippen molar-refractivity contribution >= 4 is 53.7 Å². The van der Waals surface area contributed by atoms with Crippen molar-refractivity contribution in [2.24, 2.45) is 5.41 Å². The molecule has 0 fully saturated rings. The fourth-order valence-electron chi connectivity index (χ4n) is 12.1. The monoisotopic (exact) mass is 1470 g/mol. The van der Waals surface area contributed by atoms with Gasteiger partial charge in [0.2, 0.25) is 0 Å². The summed E-state index contributed by atoms with van der Waals surface area (Å²) in [6.07, 6.45) is 46.8. The maximum absolute atomic E-state index is 13.4. The second-order valence-corrected chi connectivity index (χ2v) is 28.0. The summed E-state index contributed by atoms with van der Waals surface area (Å²) in [4.78, 5) is 115. The average molecular weight is 1480 g/mol. The first kappa shape index (κ1) is 98.0. The topological polar surface area (TPSA) is 338 Å². The van der Waals surface area contributed by atoms with Crippen molar-refractivity contribution in [2.75, 3.05) is 132 Å². The number of hydrogen-bond donors (Lipinski definition) is 5. The number of rotatable bonds is 81. The number of unbranched alkanes of at least 4 members (excludes halogenated alkanes) is 36. The molecule has 25 nitrogen and oxygen atoms in total. The van der Waals surface area contributed by atoms with E-state index in [9.17, 15) is 68.7 Å². The summed E-state index contributed by atoms with van der Waals surface area (Å²) in [5.41, 5.74) is -1.15. The highest BCUT2D eigenvalue weighted by molar-refractivity contribution is 5.81. The van der Waals surface area contributed by atoms with E-state index in [0.29, 0.717) is 32.3 Å². The molecule has 0 bridgehead atoms. The van der Waals surface area contributed by atoms with Crippen LogP contribution in [-0.4, -0.2) is 232 Å². The van der Waals surface area contributed by atoms with Gasteiger partial charge in [0.1, 0.15) is 32.5 Å². The standard InChI is InChI=1S/C78H143N3O22/c1-4-7-10-13-16-19-22-25-28-31-34-37-40-44-73(90)101-65-78(66-102-74(91)45-41-38-35-32-29-26-23-20-17-14-11-8-5-2,67-103-75(92)46-42-39-36-33-30-27-24-21-18-15-12-9-6-3)64-99-52-43-51-96-53-54-97-55-56-98-57-58-100-76(93)59-68(77(94)95)81(49-47-79(60-69(82)83)61-70(84)85)50-48-80(62-71(86)87)63-72(88)89/h68H,4-67H2,1-3H3,(H,82,83)(H,84,85)(H,86,87)(H,88,89)(H,94,95). The quantitative estimate of drug-likeness (QED) is 0.0214. The molecule has 602 valence electrons. The van der Waals surface area contributed by atoms with Crippen molar-refractivity contribution in [3.05, 3.63) is 0 Å². The van der Waals surface area contributed by atoms with Gasteiger partial charge in [-0.2, -0.15) is 0 Å². The lowest BCUT2D eigenvalue weighted by molar-refractivity contribution is -0.168. The zero-order valence-corrected chi connectivity index (χ0v) is 64.4. The second kappa shape index (κ2) is 71.2. The summed E-state index contributed by atoms with van der Waals surface area (Å²) in [6.45, 7) is 3.29. The zero-order chi connectivity index (χ0) is 75.9. The zero-order valence-electron chi connectivity index (χ0n) is 64.4. The Kier molecular flexibility index (Phi) is 67.7. The Hall–Kier alpha value is -5.05. The van der Waals surface area contributed by atoms with Crippen LogP contribution in [0.2, 0.25) is 0 Å². The van der Waals surface area contributed by atoms with Gasteiger partial charge in [-0.15, -0.1) is 0 Å². The second-order valence-electron chi connectivity index (χ2n) is 28.0. The maximum Gasteiger partial charge on any atom is 0.321 e. The summed E-state index contributed by atoms with van der Waals surface area (Å²) in [6, 6.07) is -1.60. The van der Waals surface area contributed by atoms with E-state index in [-0.39, 0.29) is 136 Å². The number of carbonyl (C=O) groups is 9. The van der Waals surface area contributed by atoms with Gasteiger partial charge in [0.25, 0.3) is 0 Å². The first-order valence-electron chi connectivity index (χ1n) is 40.1. The summed E-state index contributed by atoms with van der Waals surface area (Å²) in [5, 5.41) is 47.3. The number of esters is 4. The normalized spacial score (nSPS) is 11.9. The third-order valence-electron chi connectivity index (χ3n) is 18.2. The SMILES string of the molecule is CCCCCCCCCCCCCCCC(=O)OCC(COCCCOCCOCCOCCOC(=O)CC(C(=O)O)N(CCN(CC(=O)O)CC(=O)O)CCN(CC(=O)O)CC(=O)O)(COC(=O)CCCCCCCCCCCCCCC)COC(=O)CCCCCCCCCCCCCCC. The molecular formula is C78H143N3O22. The third kappa shape index (κ3) is 66.1. The lowest BCUT2D eigenvalue weighted by Crippen LogP contribution is -2.50. The van der Waals surface area contributed by atoms with Gasteiger partial charge >= 0.3 is 53.7 Å². The van der Waals surface area contributed by atoms with E-state index >= 15 is 0 Å². The minimum absolute atomic E-state index is 0.0108. The smallest absolute Gasteiger partial charge is 0.321 e. The number of hydrogen-bond acceptors (Lipinski definition) is 20. The number of ether oxygens (including phenoxy) is 8. The third-order valence-corrected chi connectivity index (χ3v) is 18.2. The van der Waals surface area contributed by atoms with Crippen LogP contribution in [-0.2, 0) is 81.0 Å². The number of carboxylic acid groups (broad SMARTS) is 5. The molecule has 1 atom stereocenters. The lowest BCUT2D eigenvalue weighted by Gasteiger charge is -2.32. The molecule has 0 saturated carbocycles. The van der Waals surface area contributed by atoms with Crippen molar-refractivity contribution < 1.29 is 107 Å². The Morgan fingerprint density at radius 3 is 0.825 bits per heavy atom. The highest BCUT2D eigenvalue weighted by Gasteiger charge is 2.37. The van der Waals surface area contributed by atoms with Crippen LogP contribution in [0.5, 0.6) is 0 Å². The summed E-state index contributed by atoms with van der Waals surface area (Å²) in [5.74, 6) is -8.89. The van der Waals surface area contributed by atoms with Gasteiger partial charge < -0.3 is 63.4 Å². The minimum Gasteiger partial charge on any atom is -0.480 e. The van der Waals surface area contributed by atoms with E-state index in [4.69, 9.17) is 37.9 Å². The molecule has 0 spiro atoms. The van der Waals surface area contributed by atoms with Gasteiger partial charge in [-0.05, 0) is 25.7 Å². The predicted octanol–water partition coefficient (Wildman–Crippen LogP) is 14.1. The summed E-state index contributed by atoms with van der Waals surface area (Å²) >= 11 is 0. The van der Waals surface area contributed by atoms with E-state index in [1.54, 1.807) is 0 Å². The number of carboxylic acids is 5. The number of aliphatic carboxylic acids is 5. The van der Waals surface area contributed by atoms with Crippen LogP contribution in [0.25, 0.3) is 0 Å². The lowest BCUT2D eigenvalue weighted by atomic mass is 9.92. The summed E-state index contributed by atoms with van der Waals surface area (Å²) < 4.78 is 46.3. The van der Waals surface area contributed by atoms with Crippen molar-refractivity contribution in [2.45, 2.75) is 309 Å². The van der Waals surface area contributed by atoms with Crippen LogP contribution in [0.4, 0.5) is 0 Å². The molecule has 1 unspecified atom stereocenters. The van der Waals surface area contributed by atoms with Crippen LogP contribution < -0.4 is 0 Å². The Morgan fingerprint density at radius 2 is 0.544 bits per heavy atom. The molecule has 25 heteroatoms. The molecule has 0 radical (unpaired) electrons. The van der Waals surface area contributed by atoms with Gasteiger partial charge in [-0.1, -0.05) is 252 Å². The average Bonchev–Trinajstić information content (AvgIpc) is 0.864. The number of nitrogens with zero attached hydrogens (tertiary/aromatic N) is 3. The molecule has 0 amide bonds. The first-order chi connectivity index (χ1) is 49.9. The molecule has 0 heterocycles. The molecule has 103 heavy (non-hydrogen) atoms. The summed E-state index contributed by atoms with van der Waals surface area (Å²) in [7, 11) is 0. The van der Waals surface area contributed by atoms with Gasteiger partial charge in [0.15, 0.2) is 0 Å². The molecule has 0 aromatic carbocycles. The van der Waals surface area contributed by atoms with Crippen LogP contribution in [0, 0.1) is 5.41 Å². The van der Waals surface area contributed by atoms with Gasteiger partial charge in [-0.3, -0.25) is 57.9 Å². The van der Waals surface area contributed by atoms with Crippen molar-refractivity contribution in [1.29, 1.82) is 0 Å². The van der Waals surface area contributed by atoms with E-state index in [1.165, 1.54) is 178 Å². The van der Waals surface area contributed by atoms with Crippen LogP contribution >= 0.6 is 0 Å². The van der Waals surface area contributed by atoms with Crippen molar-refractivity contribution in [1.82, 2.24) is 14.7 Å². The van der Waals surface area contributed by atoms with Crippen molar-refractivity contribution in [3.8, 4) is 0 Å². The van der Waals surface area contributed by atoms with Gasteiger partial charge in [0, 0.05) is 58.7 Å². The largest absolute Gasteiger partial charge is 0.480 e.